The van der Waals surface area contributed by atoms with Crippen LogP contribution in [0.2, 0.25) is 0 Å². The van der Waals surface area contributed by atoms with Gasteiger partial charge in [-0.2, -0.15) is 5.10 Å². The number of hydrogen-bond acceptors (Lipinski definition) is 7. The molecule has 1 N–H and O–H groups in total. The van der Waals surface area contributed by atoms with E-state index >= 15 is 0 Å². The number of fused-ring (bicyclic) bond motifs is 2. The first-order valence-corrected chi connectivity index (χ1v) is 13.1. The molecular weight excluding hydrogens is 527 g/mol. The Morgan fingerprint density at radius 3 is 2.55 bits per heavy atom. The predicted molar refractivity (Wildman–Crippen MR) is 151 cm³/mol. The third-order valence-corrected chi connectivity index (χ3v) is 7.59. The number of halogens is 1. The lowest BCUT2D eigenvalue weighted by atomic mass is 10.1. The van der Waals surface area contributed by atoms with Crippen molar-refractivity contribution in [3.05, 3.63) is 108 Å². The van der Waals surface area contributed by atoms with Crippen molar-refractivity contribution in [3.8, 4) is 33.2 Å². The second-order valence-electron chi connectivity index (χ2n) is 9.02. The standard InChI is InChI=1S/C29H19FN8OS/c1-17-27(40-29(32-17)19-11-13-31-14-12-19)28(39)34-22-16-38-24(33-22)10-9-21(36-38)26-25(18-5-7-20(30)8-6-18)35-23-4-2-3-15-37(23)26/h2-16H,1H3,(H,34,39). The van der Waals surface area contributed by atoms with Crippen LogP contribution < -0.4 is 5.32 Å². The number of carbonyl (C=O) groups is 1. The highest BCUT2D eigenvalue weighted by molar-refractivity contribution is 7.17. The zero-order valence-electron chi connectivity index (χ0n) is 21.0. The third-order valence-electron chi connectivity index (χ3n) is 6.38. The van der Waals surface area contributed by atoms with Gasteiger partial charge in [-0.1, -0.05) is 6.07 Å². The lowest BCUT2D eigenvalue weighted by Crippen LogP contribution is -2.11. The van der Waals surface area contributed by atoms with Crippen molar-refractivity contribution in [2.45, 2.75) is 6.92 Å². The Kier molecular flexibility index (Phi) is 5.64. The number of nitrogens with zero attached hydrogens (tertiary/aromatic N) is 7. The highest BCUT2D eigenvalue weighted by atomic mass is 32.1. The second kappa shape index (κ2) is 9.47. The van der Waals surface area contributed by atoms with Crippen molar-refractivity contribution < 1.29 is 9.18 Å². The van der Waals surface area contributed by atoms with Crippen LogP contribution in [0.5, 0.6) is 0 Å². The van der Waals surface area contributed by atoms with Gasteiger partial charge in [-0.15, -0.1) is 11.3 Å². The van der Waals surface area contributed by atoms with Crippen LogP contribution in [-0.4, -0.2) is 39.9 Å². The lowest BCUT2D eigenvalue weighted by molar-refractivity contribution is 0.102. The van der Waals surface area contributed by atoms with Gasteiger partial charge in [0.15, 0.2) is 11.5 Å². The number of aromatic nitrogens is 7. The van der Waals surface area contributed by atoms with Crippen LogP contribution in [0.25, 0.3) is 44.5 Å². The second-order valence-corrected chi connectivity index (χ2v) is 10.0. The first-order valence-electron chi connectivity index (χ1n) is 12.3. The molecule has 7 aromatic rings. The number of carbonyl (C=O) groups excluding carboxylic acids is 1. The lowest BCUT2D eigenvalue weighted by Gasteiger charge is -2.05. The van der Waals surface area contributed by atoms with E-state index in [9.17, 15) is 9.18 Å². The molecular formula is C29H19FN8OS. The molecule has 40 heavy (non-hydrogen) atoms. The molecule has 1 amide bonds. The summed E-state index contributed by atoms with van der Waals surface area (Å²) in [6.07, 6.45) is 6.96. The summed E-state index contributed by atoms with van der Waals surface area (Å²) < 4.78 is 17.2. The largest absolute Gasteiger partial charge is 0.304 e. The molecule has 6 aromatic heterocycles. The molecule has 0 spiro atoms. The van der Waals surface area contributed by atoms with Gasteiger partial charge in [0.25, 0.3) is 5.91 Å². The predicted octanol–water partition coefficient (Wildman–Crippen LogP) is 5.93. The minimum atomic E-state index is -0.316. The Morgan fingerprint density at radius 1 is 0.900 bits per heavy atom. The van der Waals surface area contributed by atoms with Crippen LogP contribution >= 0.6 is 11.3 Å². The SMILES string of the molecule is Cc1nc(-c2ccncc2)sc1C(=O)Nc1cn2nc(-c3c(-c4ccc(F)cc4)nc4ccccn34)ccc2n1. The molecule has 0 aliphatic heterocycles. The normalized spacial score (nSPS) is 11.3. The molecule has 0 saturated heterocycles. The zero-order chi connectivity index (χ0) is 27.2. The van der Waals surface area contributed by atoms with E-state index in [2.05, 4.69) is 20.3 Å². The summed E-state index contributed by atoms with van der Waals surface area (Å²) in [4.78, 5) is 31.5. The number of aryl methyl sites for hydroxylation is 1. The number of amides is 1. The summed E-state index contributed by atoms with van der Waals surface area (Å²) in [6, 6.07) is 19.3. The summed E-state index contributed by atoms with van der Waals surface area (Å²) in [5.41, 5.74) is 5.69. The summed E-state index contributed by atoms with van der Waals surface area (Å²) in [7, 11) is 0. The molecule has 11 heteroatoms. The number of nitrogens with one attached hydrogen (secondary N) is 1. The summed E-state index contributed by atoms with van der Waals surface area (Å²) in [6.45, 7) is 1.81. The van der Waals surface area contributed by atoms with Gasteiger partial charge in [-0.25, -0.2) is 23.9 Å². The van der Waals surface area contributed by atoms with Crippen LogP contribution in [0, 0.1) is 12.7 Å². The van der Waals surface area contributed by atoms with Gasteiger partial charge in [-0.05, 0) is 67.6 Å². The van der Waals surface area contributed by atoms with Gasteiger partial charge >= 0.3 is 0 Å². The maximum atomic E-state index is 13.6. The average Bonchev–Trinajstić information content (AvgIpc) is 3.68. The van der Waals surface area contributed by atoms with E-state index in [4.69, 9.17) is 10.1 Å². The van der Waals surface area contributed by atoms with Gasteiger partial charge in [0.05, 0.1) is 17.6 Å². The number of anilines is 1. The molecule has 9 nitrogen and oxygen atoms in total. The summed E-state index contributed by atoms with van der Waals surface area (Å²) in [5.74, 6) is -0.243. The fourth-order valence-corrected chi connectivity index (χ4v) is 5.48. The molecule has 0 saturated carbocycles. The average molecular weight is 547 g/mol. The fraction of sp³-hybridized carbons (Fsp3) is 0.0345. The van der Waals surface area contributed by atoms with Crippen molar-refractivity contribution in [2.24, 2.45) is 0 Å². The van der Waals surface area contributed by atoms with Crippen LogP contribution in [0.1, 0.15) is 15.4 Å². The minimum absolute atomic E-state index is 0.292. The molecule has 1 aromatic carbocycles. The van der Waals surface area contributed by atoms with Crippen LogP contribution in [0.3, 0.4) is 0 Å². The highest BCUT2D eigenvalue weighted by Crippen LogP contribution is 2.32. The first kappa shape index (κ1) is 23.8. The number of imidazole rings is 2. The number of thiazole rings is 1. The van der Waals surface area contributed by atoms with Gasteiger partial charge in [0.1, 0.15) is 32.7 Å². The highest BCUT2D eigenvalue weighted by Gasteiger charge is 2.20. The maximum absolute atomic E-state index is 13.6. The molecule has 7 rings (SSSR count). The number of hydrogen-bond donors (Lipinski definition) is 1. The van der Waals surface area contributed by atoms with Crippen LogP contribution in [0.4, 0.5) is 10.2 Å². The molecule has 0 radical (unpaired) electrons. The van der Waals surface area contributed by atoms with Gasteiger partial charge < -0.3 is 5.32 Å². The van der Waals surface area contributed by atoms with Crippen molar-refractivity contribution in [2.75, 3.05) is 5.32 Å². The van der Waals surface area contributed by atoms with Gasteiger partial charge in [0, 0.05) is 29.7 Å². The van der Waals surface area contributed by atoms with E-state index in [0.29, 0.717) is 33.4 Å². The molecule has 0 atom stereocenters. The molecule has 0 unspecified atom stereocenters. The number of rotatable bonds is 5. The van der Waals surface area contributed by atoms with E-state index in [1.807, 2.05) is 60.0 Å². The van der Waals surface area contributed by atoms with E-state index in [1.54, 1.807) is 35.2 Å². The molecule has 0 aliphatic rings. The number of benzene rings is 1. The molecule has 0 bridgehead atoms. The molecule has 6 heterocycles. The smallest absolute Gasteiger partial charge is 0.268 e. The topological polar surface area (TPSA) is 102 Å². The number of pyridine rings is 2. The Morgan fingerprint density at radius 2 is 1.73 bits per heavy atom. The van der Waals surface area contributed by atoms with Crippen molar-refractivity contribution in [1.82, 2.24) is 34.0 Å². The Hall–Kier alpha value is -5.29. The molecule has 0 aliphatic carbocycles. The summed E-state index contributed by atoms with van der Waals surface area (Å²) in [5, 5.41) is 8.41. The quantitative estimate of drug-likeness (QED) is 0.287. The van der Waals surface area contributed by atoms with Crippen LogP contribution in [0.15, 0.2) is 91.5 Å². The minimum Gasteiger partial charge on any atom is -0.304 e. The molecule has 0 fully saturated rings. The van der Waals surface area contributed by atoms with Crippen molar-refractivity contribution in [3.63, 3.8) is 0 Å². The summed E-state index contributed by atoms with van der Waals surface area (Å²) >= 11 is 1.31. The Labute approximate surface area is 230 Å². The van der Waals surface area contributed by atoms with E-state index in [-0.39, 0.29) is 11.7 Å². The zero-order valence-corrected chi connectivity index (χ0v) is 21.8. The van der Waals surface area contributed by atoms with E-state index in [0.717, 1.165) is 27.5 Å². The van der Waals surface area contributed by atoms with Crippen molar-refractivity contribution >= 4 is 34.4 Å². The first-order chi connectivity index (χ1) is 19.5. The monoisotopic (exact) mass is 546 g/mol. The van der Waals surface area contributed by atoms with Crippen molar-refractivity contribution in [1.29, 1.82) is 0 Å². The third kappa shape index (κ3) is 4.18. The Balaban J connectivity index is 1.23. The van der Waals surface area contributed by atoms with Gasteiger partial charge in [-0.3, -0.25) is 14.2 Å². The Bertz CT molecular complexity index is 2030. The van der Waals surface area contributed by atoms with Crippen LogP contribution in [-0.2, 0) is 0 Å². The molecule has 194 valence electrons. The van der Waals surface area contributed by atoms with Gasteiger partial charge in [0.2, 0.25) is 0 Å². The fourth-order valence-electron chi connectivity index (χ4n) is 4.52. The van der Waals surface area contributed by atoms with E-state index < -0.39 is 0 Å². The maximum Gasteiger partial charge on any atom is 0.268 e. The van der Waals surface area contributed by atoms with E-state index in [1.165, 1.54) is 23.5 Å².